The van der Waals surface area contributed by atoms with Crippen molar-refractivity contribution in [2.24, 2.45) is 4.99 Å². The van der Waals surface area contributed by atoms with Gasteiger partial charge >= 0.3 is 0 Å². The van der Waals surface area contributed by atoms with Crippen molar-refractivity contribution in [1.82, 2.24) is 4.72 Å². The molecule has 0 saturated heterocycles. The van der Waals surface area contributed by atoms with Gasteiger partial charge in [-0.25, -0.2) is 12.8 Å². The van der Waals surface area contributed by atoms with Crippen molar-refractivity contribution in [2.75, 3.05) is 19.0 Å². The lowest BCUT2D eigenvalue weighted by molar-refractivity contribution is 0.102. The van der Waals surface area contributed by atoms with Gasteiger partial charge in [0, 0.05) is 24.2 Å². The van der Waals surface area contributed by atoms with Crippen molar-refractivity contribution < 1.29 is 22.3 Å². The molecule has 1 aliphatic heterocycles. The fourth-order valence-corrected chi connectivity index (χ4v) is 3.72. The van der Waals surface area contributed by atoms with Crippen LogP contribution in [0.1, 0.15) is 23.2 Å². The van der Waals surface area contributed by atoms with Crippen LogP contribution in [0.2, 0.25) is 0 Å². The highest BCUT2D eigenvalue weighted by Gasteiger charge is 2.19. The van der Waals surface area contributed by atoms with Gasteiger partial charge < -0.3 is 10.1 Å². The number of sulfonamides is 1. The highest BCUT2D eigenvalue weighted by Crippen LogP contribution is 2.20. The van der Waals surface area contributed by atoms with E-state index in [2.05, 4.69) is 15.0 Å². The van der Waals surface area contributed by atoms with Crippen LogP contribution in [0.5, 0.6) is 5.75 Å². The summed E-state index contributed by atoms with van der Waals surface area (Å²) in [6, 6.07) is 9.61. The molecule has 0 spiro atoms. The van der Waals surface area contributed by atoms with Crippen molar-refractivity contribution in [3.8, 4) is 5.75 Å². The van der Waals surface area contributed by atoms with E-state index in [1.165, 1.54) is 37.4 Å². The van der Waals surface area contributed by atoms with Crippen molar-refractivity contribution >= 4 is 27.5 Å². The summed E-state index contributed by atoms with van der Waals surface area (Å²) >= 11 is 0. The number of hydrogen-bond acceptors (Lipinski definition) is 5. The number of amidine groups is 1. The molecule has 0 atom stereocenters. The third kappa shape index (κ3) is 4.43. The number of ether oxygens (including phenoxy) is 1. The predicted molar refractivity (Wildman–Crippen MR) is 99.2 cm³/mol. The lowest BCUT2D eigenvalue weighted by Gasteiger charge is -2.10. The Morgan fingerprint density at radius 1 is 1.22 bits per heavy atom. The topological polar surface area (TPSA) is 96.9 Å². The number of methoxy groups -OCH3 is 1. The van der Waals surface area contributed by atoms with Gasteiger partial charge in [-0.05, 0) is 42.8 Å². The van der Waals surface area contributed by atoms with Crippen molar-refractivity contribution in [1.29, 1.82) is 0 Å². The van der Waals surface area contributed by atoms with Gasteiger partial charge in [0.05, 0.1) is 12.0 Å². The molecule has 2 N–H and O–H groups in total. The number of anilines is 1. The lowest BCUT2D eigenvalue weighted by atomic mass is 10.2. The predicted octanol–water partition coefficient (Wildman–Crippen LogP) is 2.56. The molecule has 1 aliphatic rings. The zero-order valence-electron chi connectivity index (χ0n) is 14.5. The molecule has 0 aromatic heterocycles. The second kappa shape index (κ2) is 7.75. The van der Waals surface area contributed by atoms with Gasteiger partial charge in [0.1, 0.15) is 5.84 Å². The van der Waals surface area contributed by atoms with Crippen LogP contribution in [0, 0.1) is 5.82 Å². The fourth-order valence-electron chi connectivity index (χ4n) is 2.59. The highest BCUT2D eigenvalue weighted by molar-refractivity contribution is 7.90. The summed E-state index contributed by atoms with van der Waals surface area (Å²) in [4.78, 5) is 16.4. The summed E-state index contributed by atoms with van der Waals surface area (Å²) < 4.78 is 45.9. The number of halogens is 1. The Balaban J connectivity index is 1.77. The third-order valence-corrected chi connectivity index (χ3v) is 5.32. The fraction of sp³-hybridized carbons (Fsp3) is 0.222. The Kier molecular flexibility index (Phi) is 5.41. The summed E-state index contributed by atoms with van der Waals surface area (Å²) in [6.07, 6.45) is 1.39. The Morgan fingerprint density at radius 3 is 2.70 bits per heavy atom. The molecule has 9 heteroatoms. The molecule has 0 fully saturated rings. The van der Waals surface area contributed by atoms with Gasteiger partial charge in [0.25, 0.3) is 15.9 Å². The average molecular weight is 391 g/mol. The Morgan fingerprint density at radius 2 is 2.04 bits per heavy atom. The van der Waals surface area contributed by atoms with Gasteiger partial charge in [-0.15, -0.1) is 0 Å². The lowest BCUT2D eigenvalue weighted by Crippen LogP contribution is -2.29. The number of nitrogens with one attached hydrogen (secondary N) is 2. The van der Waals surface area contributed by atoms with E-state index in [0.717, 1.165) is 12.5 Å². The van der Waals surface area contributed by atoms with Crippen molar-refractivity contribution in [3.05, 3.63) is 53.8 Å². The molecular formula is C18H18FN3O4S. The number of rotatable bonds is 5. The van der Waals surface area contributed by atoms with Crippen molar-refractivity contribution in [3.63, 3.8) is 0 Å². The van der Waals surface area contributed by atoms with Crippen LogP contribution < -0.4 is 14.8 Å². The molecule has 1 heterocycles. The van der Waals surface area contributed by atoms with Crippen LogP contribution in [0.3, 0.4) is 0 Å². The molecule has 142 valence electrons. The van der Waals surface area contributed by atoms with Gasteiger partial charge in [-0.3, -0.25) is 14.5 Å². The minimum Gasteiger partial charge on any atom is -0.494 e. The van der Waals surface area contributed by atoms with Crippen LogP contribution in [0.25, 0.3) is 0 Å². The quantitative estimate of drug-likeness (QED) is 0.819. The maximum Gasteiger partial charge on any atom is 0.262 e. The molecule has 0 saturated carbocycles. The van der Waals surface area contributed by atoms with Gasteiger partial charge in [0.2, 0.25) is 0 Å². The molecule has 0 aliphatic carbocycles. The standard InChI is InChI=1S/C18H18FN3O4S/c1-26-16-8-7-12(10-15(16)19)18(23)21-13-4-2-5-14(11-13)27(24,25)22-17-6-3-9-20-17/h2,4-5,7-8,10-11H,3,6,9H2,1H3,(H,20,22)(H,21,23). The second-order valence-electron chi connectivity index (χ2n) is 5.87. The van der Waals surface area contributed by atoms with E-state index in [9.17, 15) is 17.6 Å². The van der Waals surface area contributed by atoms with E-state index < -0.39 is 21.7 Å². The zero-order valence-corrected chi connectivity index (χ0v) is 15.3. The smallest absolute Gasteiger partial charge is 0.262 e. The summed E-state index contributed by atoms with van der Waals surface area (Å²) in [5.41, 5.74) is 0.354. The van der Waals surface area contributed by atoms with Gasteiger partial charge in [0.15, 0.2) is 11.6 Å². The number of aliphatic imine (C=N–C) groups is 1. The molecule has 1 amide bonds. The number of amides is 1. The zero-order chi connectivity index (χ0) is 19.4. The minimum atomic E-state index is -3.79. The van der Waals surface area contributed by atoms with Crippen molar-refractivity contribution in [2.45, 2.75) is 17.7 Å². The maximum atomic E-state index is 13.8. The first-order valence-corrected chi connectivity index (χ1v) is 9.68. The number of nitrogens with zero attached hydrogens (tertiary/aromatic N) is 1. The molecule has 2 aromatic carbocycles. The highest BCUT2D eigenvalue weighted by atomic mass is 32.2. The summed E-state index contributed by atoms with van der Waals surface area (Å²) in [6.45, 7) is 0.604. The minimum absolute atomic E-state index is 0.00388. The van der Waals surface area contributed by atoms with E-state index in [0.29, 0.717) is 18.8 Å². The molecule has 7 nitrogen and oxygen atoms in total. The van der Waals surface area contributed by atoms with E-state index in [-0.39, 0.29) is 21.9 Å². The van der Waals surface area contributed by atoms with Crippen LogP contribution in [-0.2, 0) is 10.0 Å². The maximum absolute atomic E-state index is 13.8. The first-order chi connectivity index (χ1) is 12.9. The Labute approximate surface area is 156 Å². The van der Waals surface area contributed by atoms with E-state index in [4.69, 9.17) is 4.74 Å². The van der Waals surface area contributed by atoms with E-state index in [1.54, 1.807) is 6.07 Å². The number of benzene rings is 2. The normalized spacial score (nSPS) is 13.8. The summed E-state index contributed by atoms with van der Waals surface area (Å²) in [7, 11) is -2.46. The molecular weight excluding hydrogens is 373 g/mol. The molecule has 2 aromatic rings. The van der Waals surface area contributed by atoms with Crippen LogP contribution in [-0.4, -0.2) is 33.8 Å². The van der Waals surface area contributed by atoms with E-state index >= 15 is 0 Å². The Hall–Kier alpha value is -2.94. The first kappa shape index (κ1) is 18.8. The van der Waals surface area contributed by atoms with Crippen LogP contribution >= 0.6 is 0 Å². The van der Waals surface area contributed by atoms with E-state index in [1.807, 2.05) is 0 Å². The third-order valence-electron chi connectivity index (χ3n) is 3.94. The molecule has 0 unspecified atom stereocenters. The molecule has 0 radical (unpaired) electrons. The molecule has 27 heavy (non-hydrogen) atoms. The average Bonchev–Trinajstić information content (AvgIpc) is 3.14. The Bertz CT molecular complexity index is 1010. The number of hydrogen-bond donors (Lipinski definition) is 2. The SMILES string of the molecule is COc1ccc(C(=O)Nc2cccc(S(=O)(=O)NC3=NCCC3)c2)cc1F. The molecule has 3 rings (SSSR count). The number of carbonyl (C=O) groups is 1. The molecule has 0 bridgehead atoms. The first-order valence-electron chi connectivity index (χ1n) is 8.20. The second-order valence-corrected chi connectivity index (χ2v) is 7.55. The van der Waals surface area contributed by atoms with Gasteiger partial charge in [-0.2, -0.15) is 0 Å². The van der Waals surface area contributed by atoms with Crippen LogP contribution in [0.4, 0.5) is 10.1 Å². The largest absolute Gasteiger partial charge is 0.494 e. The van der Waals surface area contributed by atoms with Gasteiger partial charge in [-0.1, -0.05) is 6.07 Å². The summed E-state index contributed by atoms with van der Waals surface area (Å²) in [5.74, 6) is -0.777. The van der Waals surface area contributed by atoms with Crippen LogP contribution in [0.15, 0.2) is 52.4 Å². The summed E-state index contributed by atoms with van der Waals surface area (Å²) in [5, 5.41) is 2.56. The monoisotopic (exact) mass is 391 g/mol. The number of carbonyl (C=O) groups excluding carboxylic acids is 1.